The van der Waals surface area contributed by atoms with Crippen molar-refractivity contribution in [3.05, 3.63) is 72.4 Å². The Morgan fingerprint density at radius 2 is 1.57 bits per heavy atom. The molecule has 1 N–H and O–H groups in total. The minimum atomic E-state index is -0.960. The smallest absolute Gasteiger partial charge is 0.336 e. The number of benzene rings is 2. The molecule has 4 rings (SSSR count). The number of rotatable bonds is 2. The van der Waals surface area contributed by atoms with Crippen molar-refractivity contribution in [2.75, 3.05) is 0 Å². The number of fused-ring (bicyclic) bond motifs is 3. The summed E-state index contributed by atoms with van der Waals surface area (Å²) in [5.41, 5.74) is 3.08. The molecule has 0 saturated carbocycles. The summed E-state index contributed by atoms with van der Waals surface area (Å²) in [6.07, 6.45) is 1.74. The summed E-state index contributed by atoms with van der Waals surface area (Å²) in [6, 6.07) is 18.6. The van der Waals surface area contributed by atoms with Gasteiger partial charge in [-0.05, 0) is 18.2 Å². The lowest BCUT2D eigenvalue weighted by atomic mass is 10.0. The van der Waals surface area contributed by atoms with E-state index in [0.29, 0.717) is 11.3 Å². The van der Waals surface area contributed by atoms with Gasteiger partial charge in [-0.25, -0.2) is 9.78 Å². The molecule has 2 aromatic heterocycles. The van der Waals surface area contributed by atoms with E-state index in [1.54, 1.807) is 24.4 Å². The van der Waals surface area contributed by atoms with Crippen molar-refractivity contribution in [1.82, 2.24) is 9.97 Å². The Morgan fingerprint density at radius 3 is 2.39 bits per heavy atom. The van der Waals surface area contributed by atoms with Crippen molar-refractivity contribution in [1.29, 1.82) is 0 Å². The zero-order valence-corrected chi connectivity index (χ0v) is 12.1. The number of nitrogens with zero attached hydrogens (tertiary/aromatic N) is 2. The molecule has 2 aromatic carbocycles. The highest BCUT2D eigenvalue weighted by atomic mass is 16.4. The highest BCUT2D eigenvalue weighted by molar-refractivity contribution is 6.04. The lowest BCUT2D eigenvalue weighted by Crippen LogP contribution is -2.00. The molecule has 0 saturated heterocycles. The summed E-state index contributed by atoms with van der Waals surface area (Å²) in [4.78, 5) is 20.5. The molecule has 0 radical (unpaired) electrons. The van der Waals surface area contributed by atoms with Crippen LogP contribution in [0.2, 0.25) is 0 Å². The molecule has 0 bridgehead atoms. The quantitative estimate of drug-likeness (QED) is 0.565. The number of aromatic nitrogens is 2. The van der Waals surface area contributed by atoms with Gasteiger partial charge in [0, 0.05) is 22.5 Å². The number of hydrogen-bond donors (Lipinski definition) is 1. The number of carboxylic acid groups (broad SMARTS) is 1. The number of carboxylic acids is 1. The van der Waals surface area contributed by atoms with Crippen molar-refractivity contribution in [3.63, 3.8) is 0 Å². The fourth-order valence-corrected chi connectivity index (χ4v) is 2.77. The van der Waals surface area contributed by atoms with Gasteiger partial charge in [-0.2, -0.15) is 0 Å². The maximum Gasteiger partial charge on any atom is 0.336 e. The van der Waals surface area contributed by atoms with E-state index in [9.17, 15) is 9.90 Å². The molecule has 2 heterocycles. The predicted molar refractivity (Wildman–Crippen MR) is 89.4 cm³/mol. The Bertz CT molecular complexity index is 1060. The van der Waals surface area contributed by atoms with Gasteiger partial charge < -0.3 is 5.11 Å². The van der Waals surface area contributed by atoms with E-state index in [-0.39, 0.29) is 5.56 Å². The van der Waals surface area contributed by atoms with Gasteiger partial charge in [-0.15, -0.1) is 0 Å². The molecule has 0 aliphatic rings. The van der Waals surface area contributed by atoms with Crippen molar-refractivity contribution >= 4 is 27.8 Å². The van der Waals surface area contributed by atoms with E-state index in [1.165, 1.54) is 0 Å². The SMILES string of the molecule is O=C(O)c1ccccc1-c1ccc2ccc3cccnc3c2n1. The predicted octanol–water partition coefficient (Wildman–Crippen LogP) is 4.15. The van der Waals surface area contributed by atoms with Gasteiger partial charge in [0.05, 0.1) is 22.3 Å². The lowest BCUT2D eigenvalue weighted by Gasteiger charge is -2.08. The first kappa shape index (κ1) is 13.4. The standard InChI is InChI=1S/C19H12N2O2/c22-19(23)15-6-2-1-5-14(15)16-10-9-13-8-7-12-4-3-11-20-17(12)18(13)21-16/h1-11H,(H,22,23). The molecule has 0 atom stereocenters. The van der Waals surface area contributed by atoms with Crippen LogP contribution in [0.15, 0.2) is 66.9 Å². The van der Waals surface area contributed by atoms with E-state index in [1.807, 2.05) is 42.5 Å². The zero-order valence-electron chi connectivity index (χ0n) is 12.1. The Balaban J connectivity index is 2.03. The summed E-state index contributed by atoms with van der Waals surface area (Å²) in [5.74, 6) is -0.960. The largest absolute Gasteiger partial charge is 0.478 e. The normalized spacial score (nSPS) is 11.0. The number of aromatic carboxylic acids is 1. The van der Waals surface area contributed by atoms with E-state index in [4.69, 9.17) is 4.98 Å². The Hall–Kier alpha value is -3.27. The molecule has 0 aliphatic heterocycles. The first-order valence-electron chi connectivity index (χ1n) is 7.21. The van der Waals surface area contributed by atoms with Crippen LogP contribution in [0.4, 0.5) is 0 Å². The van der Waals surface area contributed by atoms with Crippen molar-refractivity contribution < 1.29 is 9.90 Å². The van der Waals surface area contributed by atoms with E-state index in [2.05, 4.69) is 4.98 Å². The molecule has 0 spiro atoms. The molecule has 0 fully saturated rings. The van der Waals surface area contributed by atoms with Crippen LogP contribution in [0.3, 0.4) is 0 Å². The van der Waals surface area contributed by atoms with Crippen LogP contribution in [0.1, 0.15) is 10.4 Å². The molecule has 23 heavy (non-hydrogen) atoms. The summed E-state index contributed by atoms with van der Waals surface area (Å²) in [7, 11) is 0. The van der Waals surface area contributed by atoms with Gasteiger partial charge in [0.2, 0.25) is 0 Å². The average Bonchev–Trinajstić information content (AvgIpc) is 2.61. The van der Waals surface area contributed by atoms with Crippen LogP contribution in [-0.4, -0.2) is 21.0 Å². The van der Waals surface area contributed by atoms with Gasteiger partial charge >= 0.3 is 5.97 Å². The third kappa shape index (κ3) is 2.21. The molecule has 4 heteroatoms. The molecule has 0 aliphatic carbocycles. The summed E-state index contributed by atoms with van der Waals surface area (Å²) >= 11 is 0. The molecule has 0 amide bonds. The number of carbonyl (C=O) groups is 1. The minimum Gasteiger partial charge on any atom is -0.478 e. The first-order chi connectivity index (χ1) is 11.2. The van der Waals surface area contributed by atoms with Crippen LogP contribution >= 0.6 is 0 Å². The Morgan fingerprint density at radius 1 is 0.826 bits per heavy atom. The molecule has 4 nitrogen and oxygen atoms in total. The zero-order chi connectivity index (χ0) is 15.8. The third-order valence-corrected chi connectivity index (χ3v) is 3.87. The van der Waals surface area contributed by atoms with Crippen LogP contribution < -0.4 is 0 Å². The first-order valence-corrected chi connectivity index (χ1v) is 7.21. The second-order valence-corrected chi connectivity index (χ2v) is 5.26. The highest BCUT2D eigenvalue weighted by Gasteiger charge is 2.13. The molecular formula is C19H12N2O2. The fourth-order valence-electron chi connectivity index (χ4n) is 2.77. The Labute approximate surface area is 132 Å². The second kappa shape index (κ2) is 5.18. The maximum atomic E-state index is 11.4. The number of hydrogen-bond acceptors (Lipinski definition) is 3. The fraction of sp³-hybridized carbons (Fsp3) is 0. The molecule has 0 unspecified atom stereocenters. The average molecular weight is 300 g/mol. The van der Waals surface area contributed by atoms with Crippen molar-refractivity contribution in [3.8, 4) is 11.3 Å². The summed E-state index contributed by atoms with van der Waals surface area (Å²) < 4.78 is 0. The van der Waals surface area contributed by atoms with Gasteiger partial charge in [0.15, 0.2) is 0 Å². The summed E-state index contributed by atoms with van der Waals surface area (Å²) in [5, 5.41) is 11.4. The van der Waals surface area contributed by atoms with Crippen LogP contribution in [0.5, 0.6) is 0 Å². The molecule has 4 aromatic rings. The maximum absolute atomic E-state index is 11.4. The van der Waals surface area contributed by atoms with E-state index in [0.717, 1.165) is 21.8 Å². The monoisotopic (exact) mass is 300 g/mol. The van der Waals surface area contributed by atoms with Crippen molar-refractivity contribution in [2.24, 2.45) is 0 Å². The number of pyridine rings is 2. The second-order valence-electron chi connectivity index (χ2n) is 5.26. The summed E-state index contributed by atoms with van der Waals surface area (Å²) in [6.45, 7) is 0. The van der Waals surface area contributed by atoms with Crippen molar-refractivity contribution in [2.45, 2.75) is 0 Å². The van der Waals surface area contributed by atoms with Crippen LogP contribution in [-0.2, 0) is 0 Å². The molecule has 110 valence electrons. The van der Waals surface area contributed by atoms with Crippen LogP contribution in [0, 0.1) is 0 Å². The van der Waals surface area contributed by atoms with Gasteiger partial charge in [0.1, 0.15) is 0 Å². The topological polar surface area (TPSA) is 63.1 Å². The van der Waals surface area contributed by atoms with E-state index >= 15 is 0 Å². The van der Waals surface area contributed by atoms with Crippen LogP contribution in [0.25, 0.3) is 33.1 Å². The lowest BCUT2D eigenvalue weighted by molar-refractivity contribution is 0.0697. The third-order valence-electron chi connectivity index (χ3n) is 3.87. The highest BCUT2D eigenvalue weighted by Crippen LogP contribution is 2.27. The van der Waals surface area contributed by atoms with E-state index < -0.39 is 5.97 Å². The minimum absolute atomic E-state index is 0.243. The van der Waals surface area contributed by atoms with Gasteiger partial charge in [0.25, 0.3) is 0 Å². The Kier molecular flexibility index (Phi) is 3.01. The molecular weight excluding hydrogens is 288 g/mol. The van der Waals surface area contributed by atoms with Gasteiger partial charge in [-0.3, -0.25) is 4.98 Å². The van der Waals surface area contributed by atoms with Gasteiger partial charge in [-0.1, -0.05) is 42.5 Å².